The van der Waals surface area contributed by atoms with E-state index in [1.54, 1.807) is 6.07 Å². The van der Waals surface area contributed by atoms with Gasteiger partial charge < -0.3 is 14.7 Å². The van der Waals surface area contributed by atoms with E-state index in [0.717, 1.165) is 87.3 Å². The first kappa shape index (κ1) is 30.8. The second-order valence-electron chi connectivity index (χ2n) is 13.9. The third kappa shape index (κ3) is 5.70. The lowest BCUT2D eigenvalue weighted by Gasteiger charge is -2.50. The van der Waals surface area contributed by atoms with Crippen LogP contribution in [-0.2, 0) is 21.5 Å². The van der Waals surface area contributed by atoms with Crippen molar-refractivity contribution in [1.82, 2.24) is 4.72 Å². The van der Waals surface area contributed by atoms with Crippen molar-refractivity contribution in [3.05, 3.63) is 58.1 Å². The summed E-state index contributed by atoms with van der Waals surface area (Å²) in [7, 11) is -2.90. The van der Waals surface area contributed by atoms with Crippen LogP contribution in [0.5, 0.6) is 5.75 Å². The molecule has 8 heteroatoms. The number of ether oxygens (including phenoxy) is 1. The van der Waals surface area contributed by atoms with Gasteiger partial charge in [-0.3, -0.25) is 9.52 Å². The highest BCUT2D eigenvalue weighted by Gasteiger charge is 2.48. The molecular weight excluding hydrogens is 580 g/mol. The lowest BCUT2D eigenvalue weighted by atomic mass is 9.62. The van der Waals surface area contributed by atoms with Crippen molar-refractivity contribution in [3.63, 3.8) is 0 Å². The topological polar surface area (TPSA) is 78.9 Å². The van der Waals surface area contributed by atoms with Crippen LogP contribution in [0.15, 0.2) is 36.4 Å². The molecule has 0 aromatic heterocycles. The Labute approximate surface area is 262 Å². The van der Waals surface area contributed by atoms with Crippen LogP contribution in [0.3, 0.4) is 0 Å². The number of aliphatic hydroxyl groups is 1. The molecule has 7 atom stereocenters. The minimum absolute atomic E-state index is 0.0943. The van der Waals surface area contributed by atoms with Gasteiger partial charge in [0, 0.05) is 34.3 Å². The van der Waals surface area contributed by atoms with Crippen LogP contribution < -0.4 is 14.4 Å². The van der Waals surface area contributed by atoms with E-state index in [4.69, 9.17) is 16.3 Å². The Kier molecular flexibility index (Phi) is 8.31. The molecule has 1 saturated carbocycles. The summed E-state index contributed by atoms with van der Waals surface area (Å²) < 4.78 is 23.1. The largest absolute Gasteiger partial charge is 0.490 e. The van der Waals surface area contributed by atoms with Gasteiger partial charge in [0.2, 0.25) is 0 Å². The van der Waals surface area contributed by atoms with Crippen molar-refractivity contribution in [1.29, 1.82) is 0 Å². The number of amides is 1. The molecule has 1 unspecified atom stereocenters. The Morgan fingerprint density at radius 3 is 2.70 bits per heavy atom. The van der Waals surface area contributed by atoms with Gasteiger partial charge in [0.05, 0.1) is 27.6 Å². The van der Waals surface area contributed by atoms with E-state index in [1.807, 2.05) is 25.1 Å². The van der Waals surface area contributed by atoms with Crippen LogP contribution >= 0.6 is 11.6 Å². The van der Waals surface area contributed by atoms with Gasteiger partial charge in [0.15, 0.2) is 0 Å². The van der Waals surface area contributed by atoms with Crippen molar-refractivity contribution in [2.75, 3.05) is 24.6 Å². The van der Waals surface area contributed by atoms with Crippen LogP contribution in [0, 0.1) is 17.8 Å². The SMILES string of the molecule is C=S1(=O)NC(=O)c2ccc3c(c2)N(C[C@@H]2CC[C@H]2[C@@](O)(CC)CCC[C@H](C)[C@H]1C)C[C@@]1(CCCc2cc(Cl)ccc21)CO3. The van der Waals surface area contributed by atoms with Crippen LogP contribution in [0.2, 0.25) is 5.02 Å². The standard InChI is InChI=1S/C35H47ClN2O4S/c1-5-35(40)17-6-8-23(2)24(3)43(4,41)37-33(39)26-11-15-32-31(19-26)38(20-27-10-13-30(27)35)21-34(22-42-32)16-7-9-25-18-28(36)12-14-29(25)34/h11-12,14-15,18-19,23-24,27,30,40H,4-10,13,16-17,20-22H2,1-3H3,(H,37,39,41)/t23-,24+,27-,30+,34-,35+,43?/m0/s1. The number of anilines is 1. The van der Waals surface area contributed by atoms with Crippen LogP contribution in [0.4, 0.5) is 5.69 Å². The van der Waals surface area contributed by atoms with Crippen molar-refractivity contribution in [2.24, 2.45) is 17.8 Å². The minimum atomic E-state index is -2.90. The molecule has 1 fully saturated rings. The van der Waals surface area contributed by atoms with Gasteiger partial charge in [0.1, 0.15) is 5.75 Å². The Hall–Kier alpha value is -2.22. The quantitative estimate of drug-likeness (QED) is 0.351. The van der Waals surface area contributed by atoms with Gasteiger partial charge in [-0.2, -0.15) is 0 Å². The average Bonchev–Trinajstić information content (AvgIpc) is 3.11. The Balaban J connectivity index is 1.43. The third-order valence-corrected chi connectivity index (χ3v) is 13.8. The van der Waals surface area contributed by atoms with Crippen molar-refractivity contribution < 1.29 is 18.8 Å². The summed E-state index contributed by atoms with van der Waals surface area (Å²) in [4.78, 5) is 16.0. The summed E-state index contributed by atoms with van der Waals surface area (Å²) in [5.41, 5.74) is 3.00. The fourth-order valence-electron chi connectivity index (χ4n) is 8.31. The van der Waals surface area contributed by atoms with Gasteiger partial charge in [0.25, 0.3) is 5.91 Å². The number of hydrogen-bond donors (Lipinski definition) is 2. The van der Waals surface area contributed by atoms with E-state index in [9.17, 15) is 14.1 Å². The number of fused-ring (bicyclic) bond motifs is 4. The molecule has 2 heterocycles. The number of benzene rings is 2. The monoisotopic (exact) mass is 626 g/mol. The van der Waals surface area contributed by atoms with E-state index in [-0.39, 0.29) is 28.4 Å². The molecule has 2 aromatic rings. The first-order chi connectivity index (χ1) is 20.4. The first-order valence-electron chi connectivity index (χ1n) is 16.2. The predicted molar refractivity (Wildman–Crippen MR) is 177 cm³/mol. The van der Waals surface area contributed by atoms with E-state index in [2.05, 4.69) is 41.5 Å². The van der Waals surface area contributed by atoms with E-state index < -0.39 is 15.3 Å². The molecular formula is C35H47ClN2O4S. The smallest absolute Gasteiger partial charge is 0.262 e. The van der Waals surface area contributed by atoms with Crippen LogP contribution in [0.25, 0.3) is 0 Å². The molecule has 6 nitrogen and oxygen atoms in total. The molecule has 6 rings (SSSR count). The molecule has 234 valence electrons. The minimum Gasteiger partial charge on any atom is -0.490 e. The molecule has 0 saturated heterocycles. The summed E-state index contributed by atoms with van der Waals surface area (Å²) in [6.45, 7) is 8.20. The average molecular weight is 627 g/mol. The summed E-state index contributed by atoms with van der Waals surface area (Å²) in [6.07, 6.45) is 8.32. The van der Waals surface area contributed by atoms with Crippen molar-refractivity contribution in [2.45, 2.75) is 94.8 Å². The number of halogens is 1. The van der Waals surface area contributed by atoms with Gasteiger partial charge in [-0.25, -0.2) is 4.21 Å². The number of hydrogen-bond acceptors (Lipinski definition) is 5. The molecule has 2 aliphatic heterocycles. The normalized spacial score (nSPS) is 36.4. The molecule has 43 heavy (non-hydrogen) atoms. The van der Waals surface area contributed by atoms with Crippen molar-refractivity contribution >= 4 is 38.8 Å². The summed E-state index contributed by atoms with van der Waals surface area (Å²) in [6, 6.07) is 11.8. The number of carbonyl (C=O) groups is 1. The van der Waals surface area contributed by atoms with Crippen molar-refractivity contribution in [3.8, 4) is 5.75 Å². The molecule has 2 bridgehead atoms. The maximum Gasteiger partial charge on any atom is 0.262 e. The molecule has 4 aliphatic rings. The lowest BCUT2D eigenvalue weighted by molar-refractivity contribution is -0.0909. The van der Waals surface area contributed by atoms with E-state index >= 15 is 0 Å². The fourth-order valence-corrected chi connectivity index (χ4v) is 10.0. The maximum absolute atomic E-state index is 13.7. The molecule has 0 radical (unpaired) electrons. The maximum atomic E-state index is 13.7. The highest BCUT2D eigenvalue weighted by atomic mass is 35.5. The number of nitrogens with zero attached hydrogens (tertiary/aromatic N) is 1. The lowest BCUT2D eigenvalue weighted by Crippen LogP contribution is -2.53. The van der Waals surface area contributed by atoms with E-state index in [1.165, 1.54) is 11.1 Å². The zero-order valence-corrected chi connectivity index (χ0v) is 27.4. The Morgan fingerprint density at radius 1 is 1.14 bits per heavy atom. The number of carbonyl (C=O) groups excluding carboxylic acids is 1. The van der Waals surface area contributed by atoms with Crippen LogP contribution in [0.1, 0.15) is 93.6 Å². The molecule has 1 amide bonds. The van der Waals surface area contributed by atoms with Crippen LogP contribution in [-0.4, -0.2) is 51.6 Å². The highest BCUT2D eigenvalue weighted by Crippen LogP contribution is 2.49. The van der Waals surface area contributed by atoms with Gasteiger partial charge >= 0.3 is 0 Å². The fraction of sp³-hybridized carbons (Fsp3) is 0.600. The Morgan fingerprint density at radius 2 is 1.95 bits per heavy atom. The highest BCUT2D eigenvalue weighted by molar-refractivity contribution is 7.99. The number of aryl methyl sites for hydroxylation is 1. The van der Waals surface area contributed by atoms with Gasteiger partial charge in [-0.15, -0.1) is 0 Å². The second-order valence-corrected chi connectivity index (χ2v) is 16.8. The second kappa shape index (κ2) is 11.6. The zero-order chi connectivity index (χ0) is 30.6. The third-order valence-electron chi connectivity index (χ3n) is 11.4. The number of nitrogens with one attached hydrogen (secondary N) is 1. The molecule has 1 spiro atoms. The summed E-state index contributed by atoms with van der Waals surface area (Å²) >= 11 is 6.43. The summed E-state index contributed by atoms with van der Waals surface area (Å²) in [5.74, 6) is 5.05. The van der Waals surface area contributed by atoms with E-state index in [0.29, 0.717) is 18.1 Å². The first-order valence-corrected chi connectivity index (χ1v) is 18.3. The van der Waals surface area contributed by atoms with Gasteiger partial charge in [-0.1, -0.05) is 37.9 Å². The van der Waals surface area contributed by atoms with Gasteiger partial charge in [-0.05, 0) is 123 Å². The summed E-state index contributed by atoms with van der Waals surface area (Å²) in [5, 5.41) is 12.5. The zero-order valence-electron chi connectivity index (χ0n) is 25.9. The number of rotatable bonds is 1. The Bertz CT molecular complexity index is 1490. The molecule has 2 aliphatic carbocycles. The predicted octanol–water partition coefficient (Wildman–Crippen LogP) is 6.55. The molecule has 2 aromatic carbocycles. The molecule has 2 N–H and O–H groups in total.